The van der Waals surface area contributed by atoms with Gasteiger partial charge >= 0.3 is 0 Å². The molecule has 9 heteroatoms. The van der Waals surface area contributed by atoms with Crippen LogP contribution in [0, 0.1) is 10.1 Å². The average molecular weight is 374 g/mol. The van der Waals surface area contributed by atoms with Crippen molar-refractivity contribution in [3.63, 3.8) is 0 Å². The maximum atomic E-state index is 12.4. The van der Waals surface area contributed by atoms with Crippen molar-refractivity contribution in [1.29, 1.82) is 0 Å². The minimum atomic E-state index is -0.543. The normalized spacial score (nSPS) is 18.0. The Morgan fingerprint density at radius 2 is 1.88 bits per heavy atom. The fourth-order valence-electron chi connectivity index (χ4n) is 3.08. The van der Waals surface area contributed by atoms with Crippen LogP contribution in [-0.2, 0) is 0 Å². The zero-order valence-corrected chi connectivity index (χ0v) is 14.0. The first-order valence-electron chi connectivity index (χ1n) is 7.79. The van der Waals surface area contributed by atoms with Crippen LogP contribution in [0.2, 0.25) is 5.02 Å². The van der Waals surface area contributed by atoms with Crippen LogP contribution in [-0.4, -0.2) is 40.8 Å². The van der Waals surface area contributed by atoms with E-state index >= 15 is 0 Å². The summed E-state index contributed by atoms with van der Waals surface area (Å²) in [6, 6.07) is 9.16. The predicted octanol–water partition coefficient (Wildman–Crippen LogP) is 2.72. The molecular weight excluding hydrogens is 362 g/mol. The predicted molar refractivity (Wildman–Crippen MR) is 92.8 cm³/mol. The SMILES string of the molecule is O=C1c2ccccc2C(=O)N1C[C@H]1CNc2cc([N+](=O)[O-])cc(Cl)c2O1. The number of hydrogen-bond donors (Lipinski definition) is 1. The molecule has 2 aromatic rings. The van der Waals surface area contributed by atoms with Gasteiger partial charge in [-0.2, -0.15) is 0 Å². The maximum Gasteiger partial charge on any atom is 0.273 e. The van der Waals surface area contributed by atoms with Crippen molar-refractivity contribution < 1.29 is 19.2 Å². The molecule has 0 fully saturated rings. The number of anilines is 1. The molecule has 8 nitrogen and oxygen atoms in total. The largest absolute Gasteiger partial charge is 0.483 e. The van der Waals surface area contributed by atoms with Crippen molar-refractivity contribution in [3.8, 4) is 5.75 Å². The molecule has 0 saturated carbocycles. The van der Waals surface area contributed by atoms with Gasteiger partial charge in [-0.05, 0) is 12.1 Å². The Kier molecular flexibility index (Phi) is 3.77. The number of hydrogen-bond acceptors (Lipinski definition) is 6. The molecule has 0 saturated heterocycles. The third kappa shape index (κ3) is 2.55. The van der Waals surface area contributed by atoms with Crippen LogP contribution < -0.4 is 10.1 Å². The van der Waals surface area contributed by atoms with Crippen LogP contribution in [0.1, 0.15) is 20.7 Å². The molecule has 1 atom stereocenters. The van der Waals surface area contributed by atoms with Crippen molar-refractivity contribution in [2.75, 3.05) is 18.4 Å². The highest BCUT2D eigenvalue weighted by Crippen LogP contribution is 2.40. The number of carbonyl (C=O) groups excluding carboxylic acids is 2. The number of rotatable bonds is 3. The number of non-ortho nitro benzene ring substituents is 1. The van der Waals surface area contributed by atoms with Gasteiger partial charge in [-0.3, -0.25) is 24.6 Å². The minimum Gasteiger partial charge on any atom is -0.483 e. The molecule has 2 heterocycles. The number of nitrogens with zero attached hydrogens (tertiary/aromatic N) is 2. The Bertz CT molecular complexity index is 926. The van der Waals surface area contributed by atoms with E-state index in [-0.39, 0.29) is 41.4 Å². The van der Waals surface area contributed by atoms with E-state index in [0.717, 1.165) is 4.90 Å². The number of ether oxygens (including phenoxy) is 1. The lowest BCUT2D eigenvalue weighted by Gasteiger charge is -2.30. The van der Waals surface area contributed by atoms with Gasteiger partial charge in [0.05, 0.1) is 39.8 Å². The quantitative estimate of drug-likeness (QED) is 0.504. The first-order valence-corrected chi connectivity index (χ1v) is 8.17. The first kappa shape index (κ1) is 16.3. The lowest BCUT2D eigenvalue weighted by atomic mass is 10.1. The van der Waals surface area contributed by atoms with Crippen molar-refractivity contribution >= 4 is 34.8 Å². The molecule has 1 N–H and O–H groups in total. The lowest BCUT2D eigenvalue weighted by Crippen LogP contribution is -2.44. The molecule has 0 bridgehead atoms. The minimum absolute atomic E-state index is 0.0477. The summed E-state index contributed by atoms with van der Waals surface area (Å²) in [5, 5.41) is 14.0. The van der Waals surface area contributed by atoms with Gasteiger partial charge in [0, 0.05) is 12.1 Å². The van der Waals surface area contributed by atoms with Gasteiger partial charge in [-0.15, -0.1) is 0 Å². The van der Waals surface area contributed by atoms with E-state index in [1.807, 2.05) is 0 Å². The van der Waals surface area contributed by atoms with Crippen LogP contribution in [0.25, 0.3) is 0 Å². The molecule has 0 radical (unpaired) electrons. The highest BCUT2D eigenvalue weighted by Gasteiger charge is 2.37. The van der Waals surface area contributed by atoms with Crippen molar-refractivity contribution in [2.24, 2.45) is 0 Å². The van der Waals surface area contributed by atoms with E-state index < -0.39 is 11.0 Å². The summed E-state index contributed by atoms with van der Waals surface area (Å²) >= 11 is 6.09. The number of benzene rings is 2. The van der Waals surface area contributed by atoms with Crippen molar-refractivity contribution in [2.45, 2.75) is 6.10 Å². The topological polar surface area (TPSA) is 102 Å². The van der Waals surface area contributed by atoms with Crippen molar-refractivity contribution in [3.05, 3.63) is 62.7 Å². The molecule has 2 aromatic carbocycles. The number of fused-ring (bicyclic) bond motifs is 2. The molecule has 2 amide bonds. The monoisotopic (exact) mass is 373 g/mol. The van der Waals surface area contributed by atoms with Gasteiger partial charge < -0.3 is 10.1 Å². The molecule has 132 valence electrons. The number of carbonyl (C=O) groups is 2. The molecule has 0 unspecified atom stereocenters. The standard InChI is InChI=1S/C17H12ClN3O5/c18-13-5-9(21(24)25)6-14-15(13)26-10(7-19-14)8-20-16(22)11-3-1-2-4-12(11)17(20)23/h1-6,10,19H,7-8H2/t10-/m1/s1. The second-order valence-electron chi connectivity index (χ2n) is 5.95. The first-order chi connectivity index (χ1) is 12.5. The third-order valence-electron chi connectivity index (χ3n) is 4.31. The number of nitro groups is 1. The second-order valence-corrected chi connectivity index (χ2v) is 6.36. The Morgan fingerprint density at radius 1 is 1.23 bits per heavy atom. The van der Waals surface area contributed by atoms with Gasteiger partial charge in [-0.25, -0.2) is 0 Å². The van der Waals surface area contributed by atoms with Gasteiger partial charge in [0.15, 0.2) is 5.75 Å². The summed E-state index contributed by atoms with van der Waals surface area (Å²) in [6.45, 7) is 0.323. The highest BCUT2D eigenvalue weighted by molar-refractivity contribution is 6.32. The fraction of sp³-hybridized carbons (Fsp3) is 0.176. The number of nitro benzene ring substituents is 1. The van der Waals surface area contributed by atoms with E-state index in [1.54, 1.807) is 24.3 Å². The van der Waals surface area contributed by atoms with E-state index in [4.69, 9.17) is 16.3 Å². The molecule has 0 aliphatic carbocycles. The fourth-order valence-corrected chi connectivity index (χ4v) is 3.34. The molecule has 2 aliphatic rings. The summed E-state index contributed by atoms with van der Waals surface area (Å²) in [7, 11) is 0. The Balaban J connectivity index is 1.55. The number of amides is 2. The molecule has 2 aliphatic heterocycles. The molecule has 4 rings (SSSR count). The van der Waals surface area contributed by atoms with E-state index in [2.05, 4.69) is 5.32 Å². The zero-order valence-electron chi connectivity index (χ0n) is 13.3. The molecule has 0 spiro atoms. The smallest absolute Gasteiger partial charge is 0.273 e. The van der Waals surface area contributed by atoms with E-state index in [9.17, 15) is 19.7 Å². The number of halogens is 1. The summed E-state index contributed by atoms with van der Waals surface area (Å²) in [4.78, 5) is 36.4. The maximum absolute atomic E-state index is 12.4. The van der Waals surface area contributed by atoms with Crippen LogP contribution in [0.15, 0.2) is 36.4 Å². The van der Waals surface area contributed by atoms with Crippen LogP contribution in [0.5, 0.6) is 5.75 Å². The number of imide groups is 1. The second kappa shape index (κ2) is 5.99. The zero-order chi connectivity index (χ0) is 18.4. The Labute approximate surface area is 152 Å². The van der Waals surface area contributed by atoms with Gasteiger partial charge in [0.2, 0.25) is 0 Å². The Morgan fingerprint density at radius 3 is 2.50 bits per heavy atom. The lowest BCUT2D eigenvalue weighted by molar-refractivity contribution is -0.384. The van der Waals surface area contributed by atoms with Crippen LogP contribution >= 0.6 is 11.6 Å². The number of nitrogens with one attached hydrogen (secondary N) is 1. The van der Waals surface area contributed by atoms with Gasteiger partial charge in [-0.1, -0.05) is 23.7 Å². The van der Waals surface area contributed by atoms with Crippen LogP contribution in [0.4, 0.5) is 11.4 Å². The van der Waals surface area contributed by atoms with Crippen LogP contribution in [0.3, 0.4) is 0 Å². The van der Waals surface area contributed by atoms with Gasteiger partial charge in [0.25, 0.3) is 17.5 Å². The van der Waals surface area contributed by atoms with Gasteiger partial charge in [0.1, 0.15) is 6.10 Å². The summed E-state index contributed by atoms with van der Waals surface area (Å²) < 4.78 is 5.79. The summed E-state index contributed by atoms with van der Waals surface area (Å²) in [5.74, 6) is -0.463. The molecular formula is C17H12ClN3O5. The highest BCUT2D eigenvalue weighted by atomic mass is 35.5. The molecule has 26 heavy (non-hydrogen) atoms. The third-order valence-corrected chi connectivity index (χ3v) is 4.59. The summed E-state index contributed by atoms with van der Waals surface area (Å²) in [6.07, 6.45) is -0.524. The van der Waals surface area contributed by atoms with E-state index in [0.29, 0.717) is 16.8 Å². The Hall–Kier alpha value is -3.13. The summed E-state index contributed by atoms with van der Waals surface area (Å²) in [5.41, 5.74) is 0.997. The molecule has 0 aromatic heterocycles. The average Bonchev–Trinajstić information content (AvgIpc) is 2.87. The van der Waals surface area contributed by atoms with Crippen molar-refractivity contribution in [1.82, 2.24) is 4.90 Å². The van der Waals surface area contributed by atoms with E-state index in [1.165, 1.54) is 12.1 Å².